The van der Waals surface area contributed by atoms with Crippen molar-refractivity contribution in [1.82, 2.24) is 4.31 Å². The van der Waals surface area contributed by atoms with Crippen LogP contribution in [0, 0.1) is 0 Å². The van der Waals surface area contributed by atoms with Crippen molar-refractivity contribution in [3.05, 3.63) is 48.5 Å². The van der Waals surface area contributed by atoms with E-state index in [2.05, 4.69) is 34.1 Å². The van der Waals surface area contributed by atoms with Crippen LogP contribution in [0.5, 0.6) is 5.75 Å². The number of nitrogens with zero attached hydrogens (tertiary/aromatic N) is 3. The SMILES string of the molecule is CCOc1ccc(S(=O)(=O)N2CCN(c3ccc(N(C)C)cc3)CC2)cc1. The number of piperazine rings is 1. The molecule has 146 valence electrons. The van der Waals surface area contributed by atoms with Gasteiger partial charge in [0.25, 0.3) is 0 Å². The molecule has 1 saturated heterocycles. The van der Waals surface area contributed by atoms with Gasteiger partial charge in [-0.1, -0.05) is 0 Å². The molecule has 0 aliphatic carbocycles. The van der Waals surface area contributed by atoms with Crippen molar-refractivity contribution in [2.24, 2.45) is 0 Å². The van der Waals surface area contributed by atoms with Gasteiger partial charge in [0.15, 0.2) is 0 Å². The molecule has 0 atom stereocenters. The molecular weight excluding hydrogens is 362 g/mol. The number of benzene rings is 2. The van der Waals surface area contributed by atoms with Gasteiger partial charge < -0.3 is 14.5 Å². The molecule has 2 aromatic rings. The second kappa shape index (κ2) is 8.19. The second-order valence-corrected chi connectivity index (χ2v) is 8.64. The van der Waals surface area contributed by atoms with Gasteiger partial charge in [-0.15, -0.1) is 0 Å². The van der Waals surface area contributed by atoms with Crippen LogP contribution in [-0.4, -0.2) is 59.6 Å². The van der Waals surface area contributed by atoms with Gasteiger partial charge in [0.1, 0.15) is 5.75 Å². The molecule has 0 N–H and O–H groups in total. The first kappa shape index (κ1) is 19.5. The Morgan fingerprint density at radius 2 is 1.52 bits per heavy atom. The van der Waals surface area contributed by atoms with Gasteiger partial charge in [-0.25, -0.2) is 8.42 Å². The Morgan fingerprint density at radius 3 is 2.04 bits per heavy atom. The third-order valence-corrected chi connectivity index (χ3v) is 6.66. The molecule has 3 rings (SSSR count). The lowest BCUT2D eigenvalue weighted by molar-refractivity contribution is 0.340. The molecule has 0 radical (unpaired) electrons. The van der Waals surface area contributed by atoms with E-state index in [1.165, 1.54) is 0 Å². The zero-order chi connectivity index (χ0) is 19.4. The van der Waals surface area contributed by atoms with Gasteiger partial charge in [0.05, 0.1) is 11.5 Å². The molecule has 0 spiro atoms. The van der Waals surface area contributed by atoms with E-state index in [1.54, 1.807) is 28.6 Å². The Morgan fingerprint density at radius 1 is 0.926 bits per heavy atom. The average Bonchev–Trinajstić information content (AvgIpc) is 2.69. The standard InChI is InChI=1S/C20H27N3O3S/c1-4-26-19-9-11-20(12-10-19)27(24,25)23-15-13-22(14-16-23)18-7-5-17(6-8-18)21(2)3/h5-12H,4,13-16H2,1-3H3. The third kappa shape index (κ3) is 4.36. The van der Waals surface area contributed by atoms with Gasteiger partial charge in [-0.2, -0.15) is 4.31 Å². The average molecular weight is 390 g/mol. The number of rotatable bonds is 6. The van der Waals surface area contributed by atoms with Crippen LogP contribution in [0.2, 0.25) is 0 Å². The monoisotopic (exact) mass is 389 g/mol. The van der Waals surface area contributed by atoms with Crippen molar-refractivity contribution < 1.29 is 13.2 Å². The van der Waals surface area contributed by atoms with Crippen LogP contribution in [0.4, 0.5) is 11.4 Å². The Kier molecular flexibility index (Phi) is 5.92. The van der Waals surface area contributed by atoms with Crippen LogP contribution in [-0.2, 0) is 10.0 Å². The highest BCUT2D eigenvalue weighted by Gasteiger charge is 2.28. The summed E-state index contributed by atoms with van der Waals surface area (Å²) in [5.41, 5.74) is 2.27. The fourth-order valence-corrected chi connectivity index (χ4v) is 4.59. The maximum atomic E-state index is 12.9. The van der Waals surface area contributed by atoms with Crippen molar-refractivity contribution in [3.8, 4) is 5.75 Å². The van der Waals surface area contributed by atoms with E-state index < -0.39 is 10.0 Å². The Bertz CT molecular complexity index is 841. The predicted molar refractivity (Wildman–Crippen MR) is 109 cm³/mol. The zero-order valence-corrected chi connectivity index (χ0v) is 16.9. The minimum absolute atomic E-state index is 0.315. The Labute approximate surface area is 162 Å². The van der Waals surface area contributed by atoms with Gasteiger partial charge in [0, 0.05) is 51.6 Å². The highest BCUT2D eigenvalue weighted by molar-refractivity contribution is 7.89. The first-order valence-corrected chi connectivity index (χ1v) is 10.6. The fourth-order valence-electron chi connectivity index (χ4n) is 3.17. The molecule has 7 heteroatoms. The zero-order valence-electron chi connectivity index (χ0n) is 16.1. The topological polar surface area (TPSA) is 53.1 Å². The lowest BCUT2D eigenvalue weighted by atomic mass is 10.2. The second-order valence-electron chi connectivity index (χ2n) is 6.71. The summed E-state index contributed by atoms with van der Waals surface area (Å²) in [6, 6.07) is 15.0. The number of ether oxygens (including phenoxy) is 1. The van der Waals surface area contributed by atoms with E-state index in [-0.39, 0.29) is 0 Å². The van der Waals surface area contributed by atoms with Crippen LogP contribution in [0.15, 0.2) is 53.4 Å². The molecule has 1 aliphatic heterocycles. The van der Waals surface area contributed by atoms with Crippen molar-refractivity contribution in [1.29, 1.82) is 0 Å². The first-order chi connectivity index (χ1) is 12.9. The van der Waals surface area contributed by atoms with E-state index in [9.17, 15) is 8.42 Å². The highest BCUT2D eigenvalue weighted by Crippen LogP contribution is 2.24. The molecule has 0 amide bonds. The summed E-state index contributed by atoms with van der Waals surface area (Å²) in [7, 11) is 0.554. The number of hydrogen-bond acceptors (Lipinski definition) is 5. The van der Waals surface area contributed by atoms with E-state index in [4.69, 9.17) is 4.74 Å². The summed E-state index contributed by atoms with van der Waals surface area (Å²) in [4.78, 5) is 4.60. The first-order valence-electron chi connectivity index (χ1n) is 9.17. The molecule has 0 unspecified atom stereocenters. The van der Waals surface area contributed by atoms with E-state index >= 15 is 0 Å². The molecule has 0 saturated carbocycles. The van der Waals surface area contributed by atoms with Crippen molar-refractivity contribution in [2.75, 3.05) is 56.7 Å². The molecule has 1 heterocycles. The minimum atomic E-state index is -3.47. The molecule has 1 fully saturated rings. The molecule has 1 aliphatic rings. The van der Waals surface area contributed by atoms with Crippen LogP contribution < -0.4 is 14.5 Å². The minimum Gasteiger partial charge on any atom is -0.494 e. The fraction of sp³-hybridized carbons (Fsp3) is 0.400. The summed E-state index contributed by atoms with van der Waals surface area (Å²) in [6.45, 7) is 4.77. The third-order valence-electron chi connectivity index (χ3n) is 4.74. The number of sulfonamides is 1. The lowest BCUT2D eigenvalue weighted by Gasteiger charge is -2.35. The van der Waals surface area contributed by atoms with E-state index in [0.717, 1.165) is 11.4 Å². The van der Waals surface area contributed by atoms with Crippen LogP contribution >= 0.6 is 0 Å². The lowest BCUT2D eigenvalue weighted by Crippen LogP contribution is -2.48. The largest absolute Gasteiger partial charge is 0.494 e. The van der Waals surface area contributed by atoms with E-state index in [1.807, 2.05) is 21.0 Å². The van der Waals surface area contributed by atoms with Crippen LogP contribution in [0.25, 0.3) is 0 Å². The summed E-state index contributed by atoms with van der Waals surface area (Å²) < 4.78 is 32.7. The van der Waals surface area contributed by atoms with Crippen molar-refractivity contribution >= 4 is 21.4 Å². The quantitative estimate of drug-likeness (QED) is 0.760. The normalized spacial score (nSPS) is 15.6. The van der Waals surface area contributed by atoms with E-state index in [0.29, 0.717) is 43.4 Å². The van der Waals surface area contributed by atoms with Crippen molar-refractivity contribution in [3.63, 3.8) is 0 Å². The number of anilines is 2. The van der Waals surface area contributed by atoms with Gasteiger partial charge >= 0.3 is 0 Å². The summed E-state index contributed by atoms with van der Waals surface area (Å²) in [6.07, 6.45) is 0. The van der Waals surface area contributed by atoms with Gasteiger partial charge in [0.2, 0.25) is 10.0 Å². The molecule has 2 aromatic carbocycles. The molecule has 0 aromatic heterocycles. The Balaban J connectivity index is 1.65. The number of hydrogen-bond donors (Lipinski definition) is 0. The summed E-state index contributed by atoms with van der Waals surface area (Å²) in [5.74, 6) is 0.683. The maximum Gasteiger partial charge on any atom is 0.243 e. The van der Waals surface area contributed by atoms with Gasteiger partial charge in [-0.3, -0.25) is 0 Å². The Hall–Kier alpha value is -2.25. The van der Waals surface area contributed by atoms with Gasteiger partial charge in [-0.05, 0) is 55.5 Å². The van der Waals surface area contributed by atoms with Crippen LogP contribution in [0.3, 0.4) is 0 Å². The predicted octanol–water partition coefficient (Wildman–Crippen LogP) is 2.66. The molecular formula is C20H27N3O3S. The van der Waals surface area contributed by atoms with Crippen LogP contribution in [0.1, 0.15) is 6.92 Å². The van der Waals surface area contributed by atoms with Crippen molar-refractivity contribution in [2.45, 2.75) is 11.8 Å². The molecule has 27 heavy (non-hydrogen) atoms. The summed E-state index contributed by atoms with van der Waals surface area (Å²) in [5, 5.41) is 0. The highest BCUT2D eigenvalue weighted by atomic mass is 32.2. The smallest absolute Gasteiger partial charge is 0.243 e. The molecule has 0 bridgehead atoms. The maximum absolute atomic E-state index is 12.9. The summed E-state index contributed by atoms with van der Waals surface area (Å²) >= 11 is 0. The molecule has 6 nitrogen and oxygen atoms in total.